The number of halogens is 2. The van der Waals surface area contributed by atoms with Crippen LogP contribution in [0.5, 0.6) is 0 Å². The molecule has 0 spiro atoms. The average Bonchev–Trinajstić information content (AvgIpc) is 1.85. The molecule has 70 valence electrons. The van der Waals surface area contributed by atoms with Crippen molar-refractivity contribution < 1.29 is 0 Å². The number of nitrogens with one attached hydrogen (secondary N) is 1. The molecule has 1 rings (SSSR count). The molecule has 3 N–H and O–H groups in total. The van der Waals surface area contributed by atoms with E-state index in [4.69, 9.17) is 5.73 Å². The first-order valence-electron chi connectivity index (χ1n) is 2.99. The summed E-state index contributed by atoms with van der Waals surface area (Å²) in [5, 5.41) is 0. The summed E-state index contributed by atoms with van der Waals surface area (Å²) in [6.07, 6.45) is 0. The number of aromatic amines is 1. The predicted molar refractivity (Wildman–Crippen MR) is 52.0 cm³/mol. The van der Waals surface area contributed by atoms with Crippen molar-refractivity contribution in [3.63, 3.8) is 0 Å². The van der Waals surface area contributed by atoms with E-state index in [2.05, 4.69) is 9.97 Å². The van der Waals surface area contributed by atoms with Crippen molar-refractivity contribution in [3.05, 3.63) is 27.9 Å². The molecular weight excluding hydrogens is 201 g/mol. The normalized spacial score (nSPS) is 8.17. The first-order chi connectivity index (χ1) is 4.72. The molecule has 0 aliphatic rings. The molecule has 4 nitrogen and oxygen atoms in total. The molecule has 0 saturated heterocycles. The minimum atomic E-state index is -0.145. The molecule has 0 saturated carbocycles. The topological polar surface area (TPSA) is 71.8 Å². The predicted octanol–water partition coefficient (Wildman–Crippen LogP) is 0.381. The first-order valence-corrected chi connectivity index (χ1v) is 2.99. The van der Waals surface area contributed by atoms with Gasteiger partial charge in [-0.3, -0.25) is 4.79 Å². The fourth-order valence-electron chi connectivity index (χ4n) is 0.746. The SMILES string of the molecule is Cc1nc(CN)cc(=O)[nH]1.Cl.Cl. The highest BCUT2D eigenvalue weighted by Crippen LogP contribution is 1.86. The molecule has 0 bridgehead atoms. The summed E-state index contributed by atoms with van der Waals surface area (Å²) >= 11 is 0. The van der Waals surface area contributed by atoms with E-state index in [-0.39, 0.29) is 30.4 Å². The second-order valence-corrected chi connectivity index (χ2v) is 2.03. The van der Waals surface area contributed by atoms with Gasteiger partial charge in [-0.2, -0.15) is 0 Å². The summed E-state index contributed by atoms with van der Waals surface area (Å²) in [6.45, 7) is 2.03. The highest BCUT2D eigenvalue weighted by molar-refractivity contribution is 5.85. The Hall–Kier alpha value is -0.580. The Morgan fingerprint density at radius 3 is 2.58 bits per heavy atom. The quantitative estimate of drug-likeness (QED) is 0.706. The van der Waals surface area contributed by atoms with Crippen molar-refractivity contribution >= 4 is 24.8 Å². The van der Waals surface area contributed by atoms with Gasteiger partial charge in [0, 0.05) is 12.6 Å². The maximum absolute atomic E-state index is 10.7. The van der Waals surface area contributed by atoms with E-state index < -0.39 is 0 Å². The van der Waals surface area contributed by atoms with Crippen molar-refractivity contribution in [3.8, 4) is 0 Å². The number of nitrogens with two attached hydrogens (primary N) is 1. The van der Waals surface area contributed by atoms with E-state index in [1.165, 1.54) is 6.07 Å². The molecule has 0 aliphatic carbocycles. The number of nitrogens with zero attached hydrogens (tertiary/aromatic N) is 1. The van der Waals surface area contributed by atoms with E-state index in [1.807, 2.05) is 0 Å². The fourth-order valence-corrected chi connectivity index (χ4v) is 0.746. The number of rotatable bonds is 1. The monoisotopic (exact) mass is 211 g/mol. The Morgan fingerprint density at radius 2 is 2.17 bits per heavy atom. The van der Waals surface area contributed by atoms with Gasteiger partial charge in [0.15, 0.2) is 0 Å². The van der Waals surface area contributed by atoms with Crippen LogP contribution >= 0.6 is 24.8 Å². The molecule has 0 unspecified atom stereocenters. The van der Waals surface area contributed by atoms with E-state index in [1.54, 1.807) is 6.92 Å². The van der Waals surface area contributed by atoms with Crippen molar-refractivity contribution in [2.75, 3.05) is 0 Å². The summed E-state index contributed by atoms with van der Waals surface area (Å²) in [5.74, 6) is 0.605. The molecule has 0 aliphatic heterocycles. The summed E-state index contributed by atoms with van der Waals surface area (Å²) in [5.41, 5.74) is 5.75. The van der Waals surface area contributed by atoms with Gasteiger partial charge in [0.05, 0.1) is 5.69 Å². The van der Waals surface area contributed by atoms with Crippen LogP contribution in [0.4, 0.5) is 0 Å². The number of hydrogen-bond donors (Lipinski definition) is 2. The number of H-pyrrole nitrogens is 1. The minimum absolute atomic E-state index is 0. The molecule has 6 heteroatoms. The van der Waals surface area contributed by atoms with E-state index in [9.17, 15) is 4.79 Å². The van der Waals surface area contributed by atoms with Crippen LogP contribution in [0, 0.1) is 6.92 Å². The molecule has 0 fully saturated rings. The summed E-state index contributed by atoms with van der Waals surface area (Å²) in [7, 11) is 0. The van der Waals surface area contributed by atoms with Crippen LogP contribution in [0.1, 0.15) is 11.5 Å². The van der Waals surface area contributed by atoms with Crippen LogP contribution in [0.2, 0.25) is 0 Å². The zero-order valence-electron chi connectivity index (χ0n) is 6.53. The molecule has 0 radical (unpaired) electrons. The molecule has 1 aromatic rings. The Bertz CT molecular complexity index is 286. The van der Waals surface area contributed by atoms with Gasteiger partial charge in [0.1, 0.15) is 5.82 Å². The van der Waals surface area contributed by atoms with Gasteiger partial charge in [-0.1, -0.05) is 0 Å². The fraction of sp³-hybridized carbons (Fsp3) is 0.333. The summed E-state index contributed by atoms with van der Waals surface area (Å²) in [6, 6.07) is 1.40. The van der Waals surface area contributed by atoms with E-state index in [0.717, 1.165) is 0 Å². The maximum Gasteiger partial charge on any atom is 0.251 e. The Kier molecular flexibility index (Phi) is 6.98. The zero-order valence-corrected chi connectivity index (χ0v) is 8.17. The Balaban J connectivity index is 0. The molecule has 0 amide bonds. The smallest absolute Gasteiger partial charge is 0.251 e. The first kappa shape index (κ1) is 14.0. The summed E-state index contributed by atoms with van der Waals surface area (Å²) in [4.78, 5) is 17.2. The minimum Gasteiger partial charge on any atom is -0.325 e. The van der Waals surface area contributed by atoms with Crippen LogP contribution in [0.3, 0.4) is 0 Å². The largest absolute Gasteiger partial charge is 0.325 e. The van der Waals surface area contributed by atoms with Crippen molar-refractivity contribution in [2.24, 2.45) is 5.73 Å². The van der Waals surface area contributed by atoms with Gasteiger partial charge in [0.25, 0.3) is 5.56 Å². The second kappa shape index (κ2) is 5.99. The van der Waals surface area contributed by atoms with Gasteiger partial charge in [-0.25, -0.2) is 4.98 Å². The highest BCUT2D eigenvalue weighted by Gasteiger charge is 1.92. The number of aryl methyl sites for hydroxylation is 1. The summed E-state index contributed by atoms with van der Waals surface area (Å²) < 4.78 is 0. The maximum atomic E-state index is 10.7. The van der Waals surface area contributed by atoms with E-state index in [0.29, 0.717) is 18.1 Å². The van der Waals surface area contributed by atoms with Gasteiger partial charge < -0.3 is 10.7 Å². The lowest BCUT2D eigenvalue weighted by atomic mass is 10.4. The lowest BCUT2D eigenvalue weighted by molar-refractivity contribution is 0.909. The molecule has 0 aromatic carbocycles. The Morgan fingerprint density at radius 1 is 1.58 bits per heavy atom. The molecule has 1 heterocycles. The number of hydrogen-bond acceptors (Lipinski definition) is 3. The van der Waals surface area contributed by atoms with Gasteiger partial charge in [-0.15, -0.1) is 24.8 Å². The third-order valence-corrected chi connectivity index (χ3v) is 1.12. The molecule has 0 atom stereocenters. The highest BCUT2D eigenvalue weighted by atomic mass is 35.5. The average molecular weight is 212 g/mol. The van der Waals surface area contributed by atoms with Crippen molar-refractivity contribution in [1.29, 1.82) is 0 Å². The van der Waals surface area contributed by atoms with Crippen LogP contribution in [0.15, 0.2) is 10.9 Å². The van der Waals surface area contributed by atoms with Crippen LogP contribution in [-0.4, -0.2) is 9.97 Å². The lowest BCUT2D eigenvalue weighted by Crippen LogP contribution is -2.12. The van der Waals surface area contributed by atoms with Crippen LogP contribution < -0.4 is 11.3 Å². The third-order valence-electron chi connectivity index (χ3n) is 1.12. The van der Waals surface area contributed by atoms with Crippen LogP contribution in [0.25, 0.3) is 0 Å². The second-order valence-electron chi connectivity index (χ2n) is 2.03. The van der Waals surface area contributed by atoms with Crippen molar-refractivity contribution in [2.45, 2.75) is 13.5 Å². The lowest BCUT2D eigenvalue weighted by Gasteiger charge is -1.94. The van der Waals surface area contributed by atoms with Crippen LogP contribution in [-0.2, 0) is 6.54 Å². The molecular formula is C6H11Cl2N3O. The number of aromatic nitrogens is 2. The molecule has 1 aromatic heterocycles. The third kappa shape index (κ3) is 3.71. The van der Waals surface area contributed by atoms with Crippen molar-refractivity contribution in [1.82, 2.24) is 9.97 Å². The standard InChI is InChI=1S/C6H9N3O.2ClH/c1-4-8-5(3-7)2-6(10)9-4;;/h2H,3,7H2,1H3,(H,8,9,10);2*1H. The van der Waals surface area contributed by atoms with Gasteiger partial charge in [0.2, 0.25) is 0 Å². The van der Waals surface area contributed by atoms with Gasteiger partial charge in [-0.05, 0) is 6.92 Å². The Labute approximate surface area is 82.4 Å². The molecule has 12 heavy (non-hydrogen) atoms. The van der Waals surface area contributed by atoms with E-state index >= 15 is 0 Å². The van der Waals surface area contributed by atoms with Gasteiger partial charge >= 0.3 is 0 Å². The zero-order chi connectivity index (χ0) is 7.56.